The van der Waals surface area contributed by atoms with Crippen LogP contribution in [-0.2, 0) is 12.8 Å². The Morgan fingerprint density at radius 3 is 2.82 bits per heavy atom. The van der Waals surface area contributed by atoms with Crippen molar-refractivity contribution in [1.82, 2.24) is 16.0 Å². The summed E-state index contributed by atoms with van der Waals surface area (Å²) in [6, 6.07) is 15.8. The molecule has 2 aromatic rings. The molecule has 1 amide bonds. The molecular weight excluding hydrogens is 352 g/mol. The smallest absolute Gasteiger partial charge is 0.251 e. The molecule has 1 aliphatic heterocycles. The molecule has 28 heavy (non-hydrogen) atoms. The molecule has 0 aliphatic carbocycles. The van der Waals surface area contributed by atoms with E-state index in [2.05, 4.69) is 27.0 Å². The molecule has 1 aliphatic rings. The molecule has 0 bridgehead atoms. The number of nitrogens with zero attached hydrogens (tertiary/aromatic N) is 1. The van der Waals surface area contributed by atoms with Crippen LogP contribution in [0.2, 0.25) is 0 Å². The van der Waals surface area contributed by atoms with Crippen molar-refractivity contribution in [3.63, 3.8) is 0 Å². The van der Waals surface area contributed by atoms with Crippen LogP contribution < -0.4 is 20.7 Å². The van der Waals surface area contributed by atoms with Crippen LogP contribution in [0.1, 0.15) is 28.4 Å². The van der Waals surface area contributed by atoms with E-state index >= 15 is 0 Å². The van der Waals surface area contributed by atoms with Crippen LogP contribution in [0, 0.1) is 0 Å². The number of rotatable bonds is 7. The number of carbonyl (C=O) groups is 1. The van der Waals surface area contributed by atoms with Gasteiger partial charge in [0.1, 0.15) is 11.9 Å². The van der Waals surface area contributed by atoms with Crippen LogP contribution >= 0.6 is 0 Å². The van der Waals surface area contributed by atoms with Crippen LogP contribution in [0.25, 0.3) is 0 Å². The van der Waals surface area contributed by atoms with E-state index < -0.39 is 0 Å². The molecule has 1 heterocycles. The second kappa shape index (κ2) is 9.78. The zero-order chi connectivity index (χ0) is 19.8. The average molecular weight is 380 g/mol. The summed E-state index contributed by atoms with van der Waals surface area (Å²) in [5, 5.41) is 9.29. The minimum Gasteiger partial charge on any atom is -0.488 e. The molecule has 0 saturated carbocycles. The van der Waals surface area contributed by atoms with Gasteiger partial charge in [-0.15, -0.1) is 0 Å². The molecule has 3 rings (SSSR count). The quantitative estimate of drug-likeness (QED) is 0.508. The zero-order valence-corrected chi connectivity index (χ0v) is 16.5. The fraction of sp³-hybridized carbons (Fsp3) is 0.364. The maximum absolute atomic E-state index is 11.8. The van der Waals surface area contributed by atoms with E-state index in [-0.39, 0.29) is 12.0 Å². The molecule has 3 N–H and O–H groups in total. The topological polar surface area (TPSA) is 74.8 Å². The van der Waals surface area contributed by atoms with Crippen LogP contribution in [-0.4, -0.2) is 44.7 Å². The molecule has 6 heteroatoms. The Labute approximate surface area is 166 Å². The van der Waals surface area contributed by atoms with Crippen LogP contribution in [0.4, 0.5) is 0 Å². The number of amides is 1. The molecule has 1 unspecified atom stereocenters. The fourth-order valence-corrected chi connectivity index (χ4v) is 3.23. The number of hydrogen-bond donors (Lipinski definition) is 3. The lowest BCUT2D eigenvalue weighted by Gasteiger charge is -2.13. The number of fused-ring (bicyclic) bond motifs is 1. The van der Waals surface area contributed by atoms with Crippen LogP contribution in [0.5, 0.6) is 5.75 Å². The van der Waals surface area contributed by atoms with Gasteiger partial charge in [0, 0.05) is 32.1 Å². The molecule has 6 nitrogen and oxygen atoms in total. The Morgan fingerprint density at radius 2 is 2.04 bits per heavy atom. The largest absolute Gasteiger partial charge is 0.488 e. The number of para-hydroxylation sites is 1. The van der Waals surface area contributed by atoms with Gasteiger partial charge in [0.15, 0.2) is 5.96 Å². The number of benzene rings is 2. The minimum atomic E-state index is -0.0673. The third-order valence-electron chi connectivity index (χ3n) is 4.63. The van der Waals surface area contributed by atoms with E-state index in [0.29, 0.717) is 12.1 Å². The van der Waals surface area contributed by atoms with Crippen molar-refractivity contribution in [1.29, 1.82) is 0 Å². The Bertz CT molecular complexity index is 810. The Balaban J connectivity index is 1.51. The molecule has 148 valence electrons. The first-order chi connectivity index (χ1) is 13.7. The van der Waals surface area contributed by atoms with E-state index in [0.717, 1.165) is 43.2 Å². The van der Waals surface area contributed by atoms with Gasteiger partial charge in [-0.05, 0) is 42.7 Å². The molecular formula is C22H28N4O2. The van der Waals surface area contributed by atoms with Gasteiger partial charge in [-0.25, -0.2) is 4.99 Å². The van der Waals surface area contributed by atoms with Gasteiger partial charge in [-0.3, -0.25) is 4.79 Å². The fourth-order valence-electron chi connectivity index (χ4n) is 3.23. The maximum Gasteiger partial charge on any atom is 0.251 e. The number of ether oxygens (including phenoxy) is 1. The predicted octanol–water partition coefficient (Wildman–Crippen LogP) is 2.15. The highest BCUT2D eigenvalue weighted by molar-refractivity contribution is 5.94. The molecule has 0 spiro atoms. The third-order valence-corrected chi connectivity index (χ3v) is 4.63. The molecule has 0 saturated heterocycles. The highest BCUT2D eigenvalue weighted by atomic mass is 16.5. The van der Waals surface area contributed by atoms with E-state index in [4.69, 9.17) is 4.74 Å². The van der Waals surface area contributed by atoms with Crippen molar-refractivity contribution in [2.45, 2.75) is 25.9 Å². The van der Waals surface area contributed by atoms with Gasteiger partial charge < -0.3 is 20.7 Å². The number of guanidine groups is 1. The van der Waals surface area contributed by atoms with Crippen molar-refractivity contribution < 1.29 is 9.53 Å². The van der Waals surface area contributed by atoms with Crippen molar-refractivity contribution >= 4 is 11.9 Å². The summed E-state index contributed by atoms with van der Waals surface area (Å²) in [6.07, 6.45) is 1.78. The van der Waals surface area contributed by atoms with E-state index in [1.165, 1.54) is 5.56 Å². The van der Waals surface area contributed by atoms with Crippen molar-refractivity contribution in [2.75, 3.05) is 26.7 Å². The number of carbonyl (C=O) groups excluding carboxylic acids is 1. The number of nitrogens with one attached hydrogen (secondary N) is 3. The first-order valence-corrected chi connectivity index (χ1v) is 9.77. The van der Waals surface area contributed by atoms with Crippen molar-refractivity contribution in [3.8, 4) is 5.75 Å². The SMILES string of the molecule is CCNC(=NCC1Cc2ccccc2O1)NCCc1cccc(C(=O)NC)c1. The minimum absolute atomic E-state index is 0.0673. The third kappa shape index (κ3) is 5.25. The summed E-state index contributed by atoms with van der Waals surface area (Å²) in [7, 11) is 1.64. The van der Waals surface area contributed by atoms with Gasteiger partial charge in [0.25, 0.3) is 5.91 Å². The first kappa shape index (κ1) is 19.7. The average Bonchev–Trinajstić information content (AvgIpc) is 3.14. The summed E-state index contributed by atoms with van der Waals surface area (Å²) in [4.78, 5) is 16.4. The lowest BCUT2D eigenvalue weighted by atomic mass is 10.1. The van der Waals surface area contributed by atoms with Crippen LogP contribution in [0.3, 0.4) is 0 Å². The highest BCUT2D eigenvalue weighted by Gasteiger charge is 2.21. The summed E-state index contributed by atoms with van der Waals surface area (Å²) in [6.45, 7) is 4.18. The van der Waals surface area contributed by atoms with Crippen molar-refractivity contribution in [2.24, 2.45) is 4.99 Å². The number of aliphatic imine (C=N–C) groups is 1. The monoisotopic (exact) mass is 380 g/mol. The predicted molar refractivity (Wildman–Crippen MR) is 112 cm³/mol. The molecule has 0 fully saturated rings. The lowest BCUT2D eigenvalue weighted by Crippen LogP contribution is -2.39. The van der Waals surface area contributed by atoms with Gasteiger partial charge in [-0.1, -0.05) is 30.3 Å². The lowest BCUT2D eigenvalue weighted by molar-refractivity contribution is 0.0963. The van der Waals surface area contributed by atoms with Gasteiger partial charge >= 0.3 is 0 Å². The van der Waals surface area contributed by atoms with E-state index in [1.54, 1.807) is 7.05 Å². The second-order valence-electron chi connectivity index (χ2n) is 6.73. The second-order valence-corrected chi connectivity index (χ2v) is 6.73. The maximum atomic E-state index is 11.8. The normalized spacial score (nSPS) is 15.5. The highest BCUT2D eigenvalue weighted by Crippen LogP contribution is 2.28. The first-order valence-electron chi connectivity index (χ1n) is 9.77. The van der Waals surface area contributed by atoms with Crippen molar-refractivity contribution in [3.05, 3.63) is 65.2 Å². The van der Waals surface area contributed by atoms with Crippen LogP contribution in [0.15, 0.2) is 53.5 Å². The molecule has 0 radical (unpaired) electrons. The summed E-state index contributed by atoms with van der Waals surface area (Å²) < 4.78 is 5.95. The van der Waals surface area contributed by atoms with E-state index in [9.17, 15) is 4.79 Å². The summed E-state index contributed by atoms with van der Waals surface area (Å²) >= 11 is 0. The van der Waals surface area contributed by atoms with Gasteiger partial charge in [-0.2, -0.15) is 0 Å². The Kier molecular flexibility index (Phi) is 6.89. The zero-order valence-electron chi connectivity index (χ0n) is 16.5. The summed E-state index contributed by atoms with van der Waals surface area (Å²) in [5.41, 5.74) is 3.04. The molecule has 1 atom stereocenters. The Morgan fingerprint density at radius 1 is 1.18 bits per heavy atom. The van der Waals surface area contributed by atoms with Gasteiger partial charge in [0.2, 0.25) is 0 Å². The Hall–Kier alpha value is -3.02. The number of hydrogen-bond acceptors (Lipinski definition) is 3. The standard InChI is InChI=1S/C22H28N4O2/c1-3-24-22(26-15-19-14-17-8-4-5-10-20(17)28-19)25-12-11-16-7-6-9-18(13-16)21(27)23-2/h4-10,13,19H,3,11-12,14-15H2,1-2H3,(H,23,27)(H2,24,25,26). The summed E-state index contributed by atoms with van der Waals surface area (Å²) in [5.74, 6) is 1.68. The molecule has 0 aromatic heterocycles. The molecule has 2 aromatic carbocycles. The van der Waals surface area contributed by atoms with Gasteiger partial charge in [0.05, 0.1) is 6.54 Å². The van der Waals surface area contributed by atoms with E-state index in [1.807, 2.05) is 49.4 Å².